The minimum absolute atomic E-state index is 0.0756. The normalized spacial score (nSPS) is 14.9. The summed E-state index contributed by atoms with van der Waals surface area (Å²) in [6.07, 6.45) is 6.85. The maximum atomic E-state index is 13.9. The van der Waals surface area contributed by atoms with E-state index in [9.17, 15) is 19.5 Å². The quantitative estimate of drug-likeness (QED) is 0.131. The van der Waals surface area contributed by atoms with E-state index in [0.717, 1.165) is 37.6 Å². The summed E-state index contributed by atoms with van der Waals surface area (Å²) in [5.74, 6) is 0.505. The Kier molecular flexibility index (Phi) is 9.80. The molecule has 6 nitrogen and oxygen atoms in total. The van der Waals surface area contributed by atoms with E-state index in [1.165, 1.54) is 6.92 Å². The third-order valence-electron chi connectivity index (χ3n) is 8.64. The number of fused-ring (bicyclic) bond motifs is 2. The number of rotatable bonds is 13. The van der Waals surface area contributed by atoms with E-state index in [1.54, 1.807) is 0 Å². The van der Waals surface area contributed by atoms with Gasteiger partial charge in [-0.2, -0.15) is 0 Å². The fraction of sp³-hybridized carbons (Fsp3) is 0.324. The summed E-state index contributed by atoms with van der Waals surface area (Å²) in [6.45, 7) is 4.46. The van der Waals surface area contributed by atoms with Gasteiger partial charge in [-0.3, -0.25) is 9.59 Å². The molecule has 0 fully saturated rings. The van der Waals surface area contributed by atoms with E-state index in [2.05, 4.69) is 5.92 Å². The highest BCUT2D eigenvalue weighted by atomic mass is 16.3. The number of hydrogen-bond acceptors (Lipinski definition) is 5. The molecular weight excluding hydrogens is 536 g/mol. The molecular formula is C37H40N2O4. The van der Waals surface area contributed by atoms with Crippen LogP contribution in [0.2, 0.25) is 0 Å². The first-order valence-electron chi connectivity index (χ1n) is 14.7. The maximum Gasteiger partial charge on any atom is 0.238 e. The average Bonchev–Trinajstić information content (AvgIpc) is 3.00. The van der Waals surface area contributed by atoms with Gasteiger partial charge in [0.25, 0.3) is 0 Å². The van der Waals surface area contributed by atoms with Crippen molar-refractivity contribution in [2.75, 3.05) is 13.1 Å². The first-order chi connectivity index (χ1) is 20.6. The van der Waals surface area contributed by atoms with Gasteiger partial charge in [-0.25, -0.2) is 0 Å². The van der Waals surface area contributed by atoms with Crippen molar-refractivity contribution in [2.45, 2.75) is 51.2 Å². The Labute approximate surface area is 253 Å². The first-order valence-corrected chi connectivity index (χ1v) is 14.7. The van der Waals surface area contributed by atoms with Gasteiger partial charge in [0.2, 0.25) is 5.91 Å². The van der Waals surface area contributed by atoms with Crippen molar-refractivity contribution >= 4 is 39.5 Å². The summed E-state index contributed by atoms with van der Waals surface area (Å²) in [6, 6.07) is 27.5. The molecule has 43 heavy (non-hydrogen) atoms. The van der Waals surface area contributed by atoms with Gasteiger partial charge >= 0.3 is 0 Å². The Morgan fingerprint density at radius 1 is 0.930 bits per heavy atom. The van der Waals surface area contributed by atoms with Crippen molar-refractivity contribution in [3.8, 4) is 12.3 Å². The summed E-state index contributed by atoms with van der Waals surface area (Å²) >= 11 is 0. The van der Waals surface area contributed by atoms with Crippen LogP contribution < -0.4 is 5.73 Å². The van der Waals surface area contributed by atoms with Gasteiger partial charge in [0.05, 0.1) is 13.1 Å². The van der Waals surface area contributed by atoms with Crippen molar-refractivity contribution in [3.63, 3.8) is 0 Å². The molecule has 222 valence electrons. The molecule has 0 aliphatic rings. The number of carbonyl (C=O) groups excluding carboxylic acids is 3. The molecule has 0 spiro atoms. The second-order valence-electron chi connectivity index (χ2n) is 11.7. The van der Waals surface area contributed by atoms with Crippen LogP contribution in [0.25, 0.3) is 21.5 Å². The van der Waals surface area contributed by atoms with E-state index in [4.69, 9.17) is 12.2 Å². The van der Waals surface area contributed by atoms with Crippen LogP contribution in [-0.4, -0.2) is 52.2 Å². The zero-order valence-electron chi connectivity index (χ0n) is 25.1. The molecule has 3 N–H and O–H groups in total. The second-order valence-corrected chi connectivity index (χ2v) is 11.7. The number of amides is 1. The first kappa shape index (κ1) is 31.6. The van der Waals surface area contributed by atoms with Crippen LogP contribution in [0.15, 0.2) is 84.9 Å². The van der Waals surface area contributed by atoms with Gasteiger partial charge < -0.3 is 20.5 Å². The van der Waals surface area contributed by atoms with Crippen molar-refractivity contribution in [1.29, 1.82) is 0 Å². The van der Waals surface area contributed by atoms with Gasteiger partial charge in [-0.05, 0) is 64.3 Å². The predicted octanol–water partition coefficient (Wildman–Crippen LogP) is 5.12. The highest BCUT2D eigenvalue weighted by Crippen LogP contribution is 2.43. The molecule has 0 radical (unpaired) electrons. The highest BCUT2D eigenvalue weighted by molar-refractivity contribution is 6.07. The van der Waals surface area contributed by atoms with E-state index in [1.807, 2.05) is 98.8 Å². The van der Waals surface area contributed by atoms with Crippen LogP contribution >= 0.6 is 0 Å². The molecule has 1 amide bonds. The number of hydrogen-bond donors (Lipinski definition) is 2. The number of nitrogens with two attached hydrogens (primary N) is 1. The molecule has 0 saturated carbocycles. The molecule has 4 rings (SSSR count). The Morgan fingerprint density at radius 3 is 1.98 bits per heavy atom. The lowest BCUT2D eigenvalue weighted by molar-refractivity contribution is -0.177. The number of aliphatic hydroxyl groups is 1. The van der Waals surface area contributed by atoms with Crippen LogP contribution in [0.5, 0.6) is 0 Å². The van der Waals surface area contributed by atoms with Crippen LogP contribution in [0.4, 0.5) is 0 Å². The topological polar surface area (TPSA) is 101 Å². The zero-order valence-corrected chi connectivity index (χ0v) is 25.1. The fourth-order valence-electron chi connectivity index (χ4n) is 6.67. The summed E-state index contributed by atoms with van der Waals surface area (Å²) in [4.78, 5) is 41.8. The van der Waals surface area contributed by atoms with E-state index in [-0.39, 0.29) is 18.9 Å². The van der Waals surface area contributed by atoms with Crippen molar-refractivity contribution in [1.82, 2.24) is 4.90 Å². The molecule has 6 heteroatoms. The smallest absolute Gasteiger partial charge is 0.238 e. The predicted molar refractivity (Wildman–Crippen MR) is 172 cm³/mol. The van der Waals surface area contributed by atoms with E-state index in [0.29, 0.717) is 19.1 Å². The highest BCUT2D eigenvalue weighted by Gasteiger charge is 2.62. The Hall–Kier alpha value is -4.31. The Bertz CT molecular complexity index is 1660. The van der Waals surface area contributed by atoms with Crippen LogP contribution in [0.1, 0.15) is 38.3 Å². The van der Waals surface area contributed by atoms with Crippen LogP contribution in [0, 0.1) is 24.2 Å². The molecule has 0 saturated heterocycles. The average molecular weight is 577 g/mol. The lowest BCUT2D eigenvalue weighted by Crippen LogP contribution is -2.74. The van der Waals surface area contributed by atoms with E-state index >= 15 is 0 Å². The molecule has 2 unspecified atom stereocenters. The third-order valence-corrected chi connectivity index (χ3v) is 8.64. The van der Waals surface area contributed by atoms with Crippen LogP contribution in [0.3, 0.4) is 0 Å². The fourth-order valence-corrected chi connectivity index (χ4v) is 6.67. The van der Waals surface area contributed by atoms with E-state index < -0.39 is 35.3 Å². The molecule has 0 aliphatic carbocycles. The number of Topliss-reactive ketones (excluding diaryl/α,β-unsaturated/α-hetero) is 1. The summed E-state index contributed by atoms with van der Waals surface area (Å²) in [5.41, 5.74) is 3.16. The molecule has 0 heterocycles. The van der Waals surface area contributed by atoms with Crippen LogP contribution in [-0.2, 0) is 27.2 Å². The van der Waals surface area contributed by atoms with Crippen molar-refractivity contribution in [2.24, 2.45) is 17.6 Å². The Morgan fingerprint density at radius 2 is 1.47 bits per heavy atom. The minimum Gasteiger partial charge on any atom is -0.386 e. The molecule has 0 aliphatic heterocycles. The van der Waals surface area contributed by atoms with Gasteiger partial charge in [0, 0.05) is 6.42 Å². The zero-order chi connectivity index (χ0) is 31.2. The summed E-state index contributed by atoms with van der Waals surface area (Å²) in [5, 5.41) is 17.2. The number of carbonyl (C=O) groups is 3. The van der Waals surface area contributed by atoms with Gasteiger partial charge in [0.15, 0.2) is 17.6 Å². The van der Waals surface area contributed by atoms with Crippen molar-refractivity contribution in [3.05, 3.63) is 96.1 Å². The maximum absolute atomic E-state index is 13.9. The summed E-state index contributed by atoms with van der Waals surface area (Å²) < 4.78 is 0. The lowest BCUT2D eigenvalue weighted by atomic mass is 9.62. The third kappa shape index (κ3) is 5.97. The summed E-state index contributed by atoms with van der Waals surface area (Å²) in [7, 11) is 0. The van der Waals surface area contributed by atoms with Gasteiger partial charge in [-0.1, -0.05) is 105 Å². The monoisotopic (exact) mass is 576 g/mol. The van der Waals surface area contributed by atoms with Gasteiger partial charge in [0.1, 0.15) is 5.60 Å². The number of aldehydes is 1. The largest absolute Gasteiger partial charge is 0.386 e. The number of nitrogens with zero attached hydrogens (tertiary/aromatic N) is 1. The molecule has 4 aromatic carbocycles. The van der Waals surface area contributed by atoms with Crippen molar-refractivity contribution < 1.29 is 19.5 Å². The standard InChI is InChI=1S/C37H40N2O4/c1-5-20-39(35(42)24-38)36(25-40,27(4)41)37(43,23-31-17-11-15-29-13-7-9-19-34(29)31)32(21-26(2)3)22-30-16-10-14-28-12-6-8-18-33(28)30/h1,6-19,25-26,32,43H,20-24,38H2,2-4H3/t32?,36?,37-/m0/s1. The lowest BCUT2D eigenvalue weighted by Gasteiger charge is -2.52. The molecule has 0 bridgehead atoms. The number of ketones is 1. The molecule has 0 aromatic heterocycles. The second kappa shape index (κ2) is 13.3. The molecule has 3 atom stereocenters. The molecule has 4 aromatic rings. The SMILES string of the molecule is C#CCN(C(=O)CN)C(C=O)(C(C)=O)[C@](O)(Cc1cccc2ccccc12)C(Cc1cccc2ccccc12)CC(C)C. The Balaban J connectivity index is 2.05. The number of terminal acetylenes is 1. The van der Waals surface area contributed by atoms with Gasteiger partial charge in [-0.15, -0.1) is 6.42 Å². The minimum atomic E-state index is -2.29. The number of benzene rings is 4.